The number of nitrogens with zero attached hydrogens (tertiary/aromatic N) is 2. The number of carboxylic acid groups (broad SMARTS) is 1. The van der Waals surface area contributed by atoms with Gasteiger partial charge in [-0.15, -0.1) is 11.8 Å². The van der Waals surface area contributed by atoms with E-state index >= 15 is 0 Å². The maximum absolute atomic E-state index is 12.5. The SMILES string of the molecule is C/C=C(\C(=O)NC1C(=O)N2C(C(=O)[O-])=CCS[C@H]12)c1nc(N)sc1Cl.[Na+]. The Balaban J connectivity index is 0.00000243. The van der Waals surface area contributed by atoms with E-state index in [2.05, 4.69) is 10.3 Å². The number of anilines is 1. The Bertz CT molecular complexity index is 841. The molecule has 8 nitrogen and oxygen atoms in total. The smallest absolute Gasteiger partial charge is 0.543 e. The number of hydrogen-bond acceptors (Lipinski definition) is 8. The average Bonchev–Trinajstić information content (AvgIpc) is 2.90. The average molecular weight is 423 g/mol. The fraction of sp³-hybridized carbons (Fsp3) is 0.286. The molecule has 3 heterocycles. The predicted octanol–water partition coefficient (Wildman–Crippen LogP) is -3.18. The summed E-state index contributed by atoms with van der Waals surface area (Å²) < 4.78 is 0.275. The van der Waals surface area contributed by atoms with Gasteiger partial charge >= 0.3 is 29.6 Å². The van der Waals surface area contributed by atoms with Crippen LogP contribution >= 0.6 is 34.7 Å². The number of nitrogen functional groups attached to an aromatic ring is 1. The molecule has 2 aliphatic rings. The van der Waals surface area contributed by atoms with E-state index in [4.69, 9.17) is 17.3 Å². The van der Waals surface area contributed by atoms with Crippen molar-refractivity contribution >= 4 is 63.2 Å². The number of amides is 2. The van der Waals surface area contributed by atoms with Crippen LogP contribution in [0, 0.1) is 0 Å². The number of nitrogens with one attached hydrogen (secondary N) is 1. The zero-order chi connectivity index (χ0) is 18.3. The van der Waals surface area contributed by atoms with Crippen LogP contribution in [0.1, 0.15) is 12.6 Å². The third-order valence-corrected chi connectivity index (χ3v) is 6.00. The summed E-state index contributed by atoms with van der Waals surface area (Å²) in [6.07, 6.45) is 2.94. The van der Waals surface area contributed by atoms with Crippen LogP contribution in [-0.4, -0.2) is 44.8 Å². The molecule has 1 aromatic rings. The molecule has 0 radical (unpaired) electrons. The van der Waals surface area contributed by atoms with Crippen LogP contribution in [0.2, 0.25) is 4.34 Å². The fourth-order valence-electron chi connectivity index (χ4n) is 2.61. The van der Waals surface area contributed by atoms with Crippen LogP contribution in [0.25, 0.3) is 5.57 Å². The van der Waals surface area contributed by atoms with Crippen molar-refractivity contribution in [1.82, 2.24) is 15.2 Å². The summed E-state index contributed by atoms with van der Waals surface area (Å²) in [4.78, 5) is 41.0. The quantitative estimate of drug-likeness (QED) is 0.297. The molecule has 0 bridgehead atoms. The molecule has 3 rings (SSSR count). The van der Waals surface area contributed by atoms with Crippen molar-refractivity contribution < 1.29 is 49.0 Å². The number of thiazole rings is 1. The van der Waals surface area contributed by atoms with E-state index in [1.165, 1.54) is 23.9 Å². The first-order chi connectivity index (χ1) is 11.8. The summed E-state index contributed by atoms with van der Waals surface area (Å²) in [6, 6.07) is -0.828. The number of carbonyl (C=O) groups is 3. The zero-order valence-electron chi connectivity index (χ0n) is 13.8. The number of aromatic nitrogens is 1. The van der Waals surface area contributed by atoms with Gasteiger partial charge in [-0.25, -0.2) is 4.98 Å². The Morgan fingerprint density at radius 2 is 2.23 bits per heavy atom. The van der Waals surface area contributed by atoms with Gasteiger partial charge in [-0.1, -0.05) is 29.0 Å². The minimum Gasteiger partial charge on any atom is -0.543 e. The second kappa shape index (κ2) is 8.32. The summed E-state index contributed by atoms with van der Waals surface area (Å²) >= 11 is 8.43. The van der Waals surface area contributed by atoms with Gasteiger partial charge in [0.05, 0.1) is 17.2 Å². The Hall–Kier alpha value is -1.04. The van der Waals surface area contributed by atoms with Crippen molar-refractivity contribution in [2.75, 3.05) is 11.5 Å². The summed E-state index contributed by atoms with van der Waals surface area (Å²) in [6.45, 7) is 1.64. The summed E-state index contributed by atoms with van der Waals surface area (Å²) in [7, 11) is 0. The number of hydrogen-bond donors (Lipinski definition) is 2. The minimum atomic E-state index is -1.41. The van der Waals surface area contributed by atoms with E-state index in [9.17, 15) is 19.5 Å². The van der Waals surface area contributed by atoms with E-state index in [0.717, 1.165) is 16.2 Å². The van der Waals surface area contributed by atoms with Crippen molar-refractivity contribution in [3.63, 3.8) is 0 Å². The standard InChI is InChI=1S/C14H13ClN4O4S2.Na/c1-2-5(7-9(15)25-14(16)18-7)10(20)17-8-11(21)19-6(13(22)23)3-4-24-12(8)19;/h2-3,8,12H,4H2,1H3,(H2,16,18)(H,17,20)(H,22,23);/q;+1/p-1/b5-2-;/t8?,12-;/m1./s1. The maximum atomic E-state index is 12.5. The molecule has 12 heteroatoms. The van der Waals surface area contributed by atoms with Crippen LogP contribution < -0.4 is 45.7 Å². The second-order valence-corrected chi connectivity index (χ2v) is 7.92. The van der Waals surface area contributed by atoms with E-state index < -0.39 is 29.2 Å². The Morgan fingerprint density at radius 3 is 2.77 bits per heavy atom. The monoisotopic (exact) mass is 422 g/mol. The maximum Gasteiger partial charge on any atom is 1.00 e. The Morgan fingerprint density at radius 1 is 1.54 bits per heavy atom. The van der Waals surface area contributed by atoms with Crippen LogP contribution in [0.5, 0.6) is 0 Å². The topological polar surface area (TPSA) is 128 Å². The Labute approximate surface area is 184 Å². The van der Waals surface area contributed by atoms with Gasteiger partial charge in [-0.05, 0) is 13.0 Å². The molecule has 2 aliphatic heterocycles. The number of allylic oxidation sites excluding steroid dienone is 1. The normalized spacial score (nSPS) is 21.9. The second-order valence-electron chi connectivity index (χ2n) is 5.14. The van der Waals surface area contributed by atoms with Gasteiger partial charge in [0, 0.05) is 5.75 Å². The minimum absolute atomic E-state index is 0. The largest absolute Gasteiger partial charge is 1.00 e. The molecule has 0 spiro atoms. The fourth-order valence-corrected chi connectivity index (χ4v) is 4.76. The van der Waals surface area contributed by atoms with E-state index in [-0.39, 0.29) is 56.0 Å². The third kappa shape index (κ3) is 3.67. The first-order valence-corrected chi connectivity index (χ1v) is 9.35. The molecule has 2 amide bonds. The van der Waals surface area contributed by atoms with Crippen LogP contribution in [0.3, 0.4) is 0 Å². The number of rotatable bonds is 4. The van der Waals surface area contributed by atoms with Gasteiger partial charge in [0.2, 0.25) is 0 Å². The van der Waals surface area contributed by atoms with Gasteiger partial charge < -0.3 is 21.0 Å². The molecule has 1 saturated heterocycles. The van der Waals surface area contributed by atoms with Gasteiger partial charge in [0.25, 0.3) is 11.8 Å². The number of carboxylic acids is 1. The molecular formula is C14H12ClN4NaO4S2. The summed E-state index contributed by atoms with van der Waals surface area (Å²) in [5.41, 5.74) is 5.87. The molecular weight excluding hydrogens is 411 g/mol. The number of nitrogens with two attached hydrogens (primary N) is 1. The number of carbonyl (C=O) groups excluding carboxylic acids is 3. The van der Waals surface area contributed by atoms with Crippen molar-refractivity contribution in [2.45, 2.75) is 18.3 Å². The molecule has 1 aromatic heterocycles. The van der Waals surface area contributed by atoms with Gasteiger partial charge in [0.1, 0.15) is 21.4 Å². The molecule has 1 fully saturated rings. The number of fused-ring (bicyclic) bond motifs is 1. The van der Waals surface area contributed by atoms with Crippen molar-refractivity contribution in [2.24, 2.45) is 0 Å². The van der Waals surface area contributed by atoms with Gasteiger partial charge in [-0.3, -0.25) is 14.5 Å². The molecule has 0 saturated carbocycles. The Kier molecular flexibility index (Phi) is 6.81. The van der Waals surface area contributed by atoms with Crippen molar-refractivity contribution in [1.29, 1.82) is 0 Å². The van der Waals surface area contributed by atoms with Crippen LogP contribution in [0.15, 0.2) is 17.8 Å². The third-order valence-electron chi connectivity index (χ3n) is 3.73. The molecule has 2 atom stereocenters. The van der Waals surface area contributed by atoms with Crippen LogP contribution in [-0.2, 0) is 14.4 Å². The predicted molar refractivity (Wildman–Crippen MR) is 93.3 cm³/mol. The van der Waals surface area contributed by atoms with E-state index in [0.29, 0.717) is 5.75 Å². The number of β-lactam (4-membered cyclic amide) rings is 1. The number of aliphatic carboxylic acids is 1. The van der Waals surface area contributed by atoms with Crippen LogP contribution in [0.4, 0.5) is 5.13 Å². The first kappa shape index (κ1) is 21.3. The molecule has 0 aromatic carbocycles. The molecule has 0 aliphatic carbocycles. The number of halogens is 1. The summed E-state index contributed by atoms with van der Waals surface area (Å²) in [5, 5.41) is 13.4. The van der Waals surface area contributed by atoms with Crippen molar-refractivity contribution in [3.8, 4) is 0 Å². The van der Waals surface area contributed by atoms with E-state index in [1.807, 2.05) is 0 Å². The summed E-state index contributed by atoms with van der Waals surface area (Å²) in [5.74, 6) is -2.03. The van der Waals surface area contributed by atoms with Gasteiger partial charge in [0.15, 0.2) is 5.13 Å². The zero-order valence-corrected chi connectivity index (χ0v) is 18.2. The molecule has 1 unspecified atom stereocenters. The molecule has 26 heavy (non-hydrogen) atoms. The van der Waals surface area contributed by atoms with Crippen molar-refractivity contribution in [3.05, 3.63) is 27.9 Å². The first-order valence-electron chi connectivity index (χ1n) is 7.10. The van der Waals surface area contributed by atoms with Gasteiger partial charge in [-0.2, -0.15) is 0 Å². The molecule has 3 N–H and O–H groups in total. The number of thioether (sulfide) groups is 1. The van der Waals surface area contributed by atoms with E-state index in [1.54, 1.807) is 6.92 Å². The molecule has 132 valence electrons.